The van der Waals surface area contributed by atoms with Crippen LogP contribution in [0.15, 0.2) is 60.7 Å². The molecule has 0 spiro atoms. The molecule has 0 N–H and O–H groups in total. The fourth-order valence-corrected chi connectivity index (χ4v) is 1.98. The highest BCUT2D eigenvalue weighted by molar-refractivity contribution is 5.80. The maximum absolute atomic E-state index is 13.2. The first-order chi connectivity index (χ1) is 10.0. The summed E-state index contributed by atoms with van der Waals surface area (Å²) in [4.78, 5) is 3.99. The minimum atomic E-state index is -4.53. The molecule has 3 aromatic rings. The number of ether oxygens (including phenoxy) is 1. The van der Waals surface area contributed by atoms with Crippen LogP contribution in [0.2, 0.25) is 0 Å². The number of rotatable bonds is 2. The molecule has 0 bridgehead atoms. The molecule has 0 amide bonds. The zero-order valence-corrected chi connectivity index (χ0v) is 10.8. The molecule has 1 heterocycles. The maximum Gasteiger partial charge on any atom is 0.421 e. The van der Waals surface area contributed by atoms with Gasteiger partial charge in [-0.15, -0.1) is 0 Å². The van der Waals surface area contributed by atoms with Crippen LogP contribution in [-0.2, 0) is 6.18 Å². The Hall–Kier alpha value is -2.56. The van der Waals surface area contributed by atoms with Gasteiger partial charge < -0.3 is 4.74 Å². The largest absolute Gasteiger partial charge is 0.438 e. The van der Waals surface area contributed by atoms with Crippen LogP contribution in [0.1, 0.15) is 5.56 Å². The van der Waals surface area contributed by atoms with Gasteiger partial charge in [0.15, 0.2) is 0 Å². The molecule has 0 aliphatic carbocycles. The Bertz CT molecular complexity index is 769. The summed E-state index contributed by atoms with van der Waals surface area (Å²) in [5.74, 6) is -0.127. The van der Waals surface area contributed by atoms with Crippen LogP contribution in [0, 0.1) is 0 Å². The Morgan fingerprint density at radius 2 is 1.52 bits per heavy atom. The standard InChI is InChI=1S/C16H10F3NO/c17-16(18,19)13-10-11-6-4-5-9-14(11)20-15(13)21-12-7-2-1-3-8-12/h1-10H. The molecule has 0 aliphatic heterocycles. The molecule has 0 fully saturated rings. The molecule has 0 saturated carbocycles. The van der Waals surface area contributed by atoms with E-state index in [4.69, 9.17) is 4.74 Å². The van der Waals surface area contributed by atoms with Crippen molar-refractivity contribution >= 4 is 10.9 Å². The van der Waals surface area contributed by atoms with Gasteiger partial charge in [-0.2, -0.15) is 13.2 Å². The van der Waals surface area contributed by atoms with E-state index in [1.807, 2.05) is 0 Å². The average molecular weight is 289 g/mol. The Balaban J connectivity index is 2.14. The molecule has 0 atom stereocenters. The van der Waals surface area contributed by atoms with E-state index in [1.165, 1.54) is 0 Å². The number of aromatic nitrogens is 1. The number of hydrogen-bond donors (Lipinski definition) is 0. The molecule has 0 radical (unpaired) electrons. The number of hydrogen-bond acceptors (Lipinski definition) is 2. The summed E-state index contributed by atoms with van der Waals surface area (Å²) in [7, 11) is 0. The smallest absolute Gasteiger partial charge is 0.421 e. The van der Waals surface area contributed by atoms with Gasteiger partial charge in [0.05, 0.1) is 5.52 Å². The van der Waals surface area contributed by atoms with Crippen molar-refractivity contribution in [1.29, 1.82) is 0 Å². The second-order valence-corrected chi connectivity index (χ2v) is 4.45. The predicted octanol–water partition coefficient (Wildman–Crippen LogP) is 5.05. The topological polar surface area (TPSA) is 22.1 Å². The summed E-state index contributed by atoms with van der Waals surface area (Å²) < 4.78 is 44.8. The lowest BCUT2D eigenvalue weighted by Gasteiger charge is -2.13. The van der Waals surface area contributed by atoms with Gasteiger partial charge in [-0.3, -0.25) is 0 Å². The molecule has 3 rings (SSSR count). The minimum absolute atomic E-state index is 0.311. The highest BCUT2D eigenvalue weighted by Crippen LogP contribution is 2.38. The molecule has 0 unspecified atom stereocenters. The first-order valence-corrected chi connectivity index (χ1v) is 6.24. The van der Waals surface area contributed by atoms with Crippen molar-refractivity contribution in [3.63, 3.8) is 0 Å². The fraction of sp³-hybridized carbons (Fsp3) is 0.0625. The zero-order valence-electron chi connectivity index (χ0n) is 10.8. The van der Waals surface area contributed by atoms with E-state index in [-0.39, 0.29) is 0 Å². The fourth-order valence-electron chi connectivity index (χ4n) is 1.98. The summed E-state index contributed by atoms with van der Waals surface area (Å²) in [5.41, 5.74) is -0.429. The molecule has 0 aliphatic rings. The van der Waals surface area contributed by atoms with Crippen LogP contribution in [-0.4, -0.2) is 4.98 Å². The first-order valence-electron chi connectivity index (χ1n) is 6.24. The van der Waals surface area contributed by atoms with Crippen LogP contribution >= 0.6 is 0 Å². The first kappa shape index (κ1) is 13.4. The van der Waals surface area contributed by atoms with E-state index in [0.29, 0.717) is 16.7 Å². The van der Waals surface area contributed by atoms with Gasteiger partial charge in [-0.05, 0) is 24.3 Å². The number of pyridine rings is 1. The van der Waals surface area contributed by atoms with Crippen LogP contribution in [0.25, 0.3) is 10.9 Å². The van der Waals surface area contributed by atoms with E-state index in [9.17, 15) is 13.2 Å². The average Bonchev–Trinajstić information content (AvgIpc) is 2.46. The van der Waals surface area contributed by atoms with Crippen molar-refractivity contribution in [3.8, 4) is 11.6 Å². The zero-order chi connectivity index (χ0) is 14.9. The quantitative estimate of drug-likeness (QED) is 0.659. The number of halogens is 3. The Morgan fingerprint density at radius 1 is 0.857 bits per heavy atom. The van der Waals surface area contributed by atoms with Crippen LogP contribution in [0.4, 0.5) is 13.2 Å². The van der Waals surface area contributed by atoms with Gasteiger partial charge >= 0.3 is 6.18 Å². The van der Waals surface area contributed by atoms with E-state index in [2.05, 4.69) is 4.98 Å². The monoisotopic (exact) mass is 289 g/mol. The second kappa shape index (κ2) is 5.09. The van der Waals surface area contributed by atoms with Gasteiger partial charge in [0.25, 0.3) is 0 Å². The lowest BCUT2D eigenvalue weighted by atomic mass is 10.1. The molecule has 5 heteroatoms. The van der Waals surface area contributed by atoms with Crippen molar-refractivity contribution in [3.05, 3.63) is 66.2 Å². The van der Waals surface area contributed by atoms with Crippen molar-refractivity contribution < 1.29 is 17.9 Å². The number of benzene rings is 2. The molecule has 1 aromatic heterocycles. The van der Waals surface area contributed by atoms with E-state index >= 15 is 0 Å². The van der Waals surface area contributed by atoms with Gasteiger partial charge in [-0.25, -0.2) is 4.98 Å². The third kappa shape index (κ3) is 2.81. The SMILES string of the molecule is FC(F)(F)c1cc2ccccc2nc1Oc1ccccc1. The van der Waals surface area contributed by atoms with Crippen molar-refractivity contribution in [2.24, 2.45) is 0 Å². The van der Waals surface area contributed by atoms with Gasteiger partial charge in [0, 0.05) is 5.39 Å². The summed E-state index contributed by atoms with van der Waals surface area (Å²) in [6.07, 6.45) is -4.53. The summed E-state index contributed by atoms with van der Waals surface area (Å²) >= 11 is 0. The number of para-hydroxylation sites is 2. The molecule has 0 saturated heterocycles. The van der Waals surface area contributed by atoms with Crippen molar-refractivity contribution in [2.75, 3.05) is 0 Å². The Labute approximate surface area is 118 Å². The molecule has 2 aromatic carbocycles. The number of nitrogens with zero attached hydrogens (tertiary/aromatic N) is 1. The third-order valence-electron chi connectivity index (χ3n) is 2.95. The van der Waals surface area contributed by atoms with Crippen LogP contribution in [0.3, 0.4) is 0 Å². The van der Waals surface area contributed by atoms with Crippen LogP contribution in [0.5, 0.6) is 11.6 Å². The highest BCUT2D eigenvalue weighted by atomic mass is 19.4. The van der Waals surface area contributed by atoms with E-state index < -0.39 is 17.6 Å². The summed E-state index contributed by atoms with van der Waals surface area (Å²) in [6, 6.07) is 16.0. The van der Waals surface area contributed by atoms with Gasteiger partial charge in [0.1, 0.15) is 11.3 Å². The maximum atomic E-state index is 13.2. The summed E-state index contributed by atoms with van der Waals surface area (Å²) in [5, 5.41) is 0.422. The Kier molecular flexibility index (Phi) is 3.25. The lowest BCUT2D eigenvalue weighted by molar-refractivity contribution is -0.138. The van der Waals surface area contributed by atoms with Crippen LogP contribution < -0.4 is 4.74 Å². The number of fused-ring (bicyclic) bond motifs is 1. The minimum Gasteiger partial charge on any atom is -0.438 e. The normalized spacial score (nSPS) is 11.6. The highest BCUT2D eigenvalue weighted by Gasteiger charge is 2.36. The second-order valence-electron chi connectivity index (χ2n) is 4.45. The van der Waals surface area contributed by atoms with E-state index in [0.717, 1.165) is 6.07 Å². The predicted molar refractivity (Wildman–Crippen MR) is 73.3 cm³/mol. The van der Waals surface area contributed by atoms with E-state index in [1.54, 1.807) is 54.6 Å². The molecule has 106 valence electrons. The number of alkyl halides is 3. The molecule has 21 heavy (non-hydrogen) atoms. The molecular formula is C16H10F3NO. The molecular weight excluding hydrogens is 279 g/mol. The van der Waals surface area contributed by atoms with Crippen molar-refractivity contribution in [1.82, 2.24) is 4.98 Å². The molecule has 2 nitrogen and oxygen atoms in total. The van der Waals surface area contributed by atoms with Gasteiger partial charge in [0.2, 0.25) is 5.88 Å². The lowest BCUT2D eigenvalue weighted by Crippen LogP contribution is -2.08. The third-order valence-corrected chi connectivity index (χ3v) is 2.95. The van der Waals surface area contributed by atoms with Gasteiger partial charge in [-0.1, -0.05) is 36.4 Å². The summed E-state index contributed by atoms with van der Waals surface area (Å²) in [6.45, 7) is 0. The Morgan fingerprint density at radius 3 is 2.24 bits per heavy atom. The van der Waals surface area contributed by atoms with Crippen molar-refractivity contribution in [2.45, 2.75) is 6.18 Å².